The van der Waals surface area contributed by atoms with Gasteiger partial charge in [-0.25, -0.2) is 4.79 Å². The van der Waals surface area contributed by atoms with Crippen molar-refractivity contribution in [3.63, 3.8) is 0 Å². The van der Waals surface area contributed by atoms with Crippen molar-refractivity contribution in [2.24, 2.45) is 0 Å². The van der Waals surface area contributed by atoms with E-state index in [2.05, 4.69) is 10.6 Å². The number of fused-ring (bicyclic) bond motifs is 1. The Kier molecular flexibility index (Phi) is 4.71. The molecule has 3 rings (SSSR count). The fourth-order valence-corrected chi connectivity index (χ4v) is 2.82. The van der Waals surface area contributed by atoms with Crippen LogP contribution in [0, 0.1) is 0 Å². The number of aliphatic hydroxyl groups is 1. The average molecular weight is 349 g/mol. The summed E-state index contributed by atoms with van der Waals surface area (Å²) in [6.45, 7) is 4.64. The Labute approximate surface area is 146 Å². The fourth-order valence-electron chi connectivity index (χ4n) is 2.82. The third-order valence-corrected chi connectivity index (χ3v) is 4.14. The summed E-state index contributed by atoms with van der Waals surface area (Å²) in [6, 6.07) is 4.68. The first-order valence-electron chi connectivity index (χ1n) is 8.27. The highest BCUT2D eigenvalue weighted by molar-refractivity contribution is 5.97. The number of nitrogens with zero attached hydrogens (tertiary/aromatic N) is 1. The zero-order valence-corrected chi connectivity index (χ0v) is 14.4. The van der Waals surface area contributed by atoms with E-state index < -0.39 is 11.6 Å². The minimum absolute atomic E-state index is 0.0663. The summed E-state index contributed by atoms with van der Waals surface area (Å²) in [5, 5.41) is 14.7. The van der Waals surface area contributed by atoms with Gasteiger partial charge in [-0.2, -0.15) is 0 Å². The standard InChI is InChI=1S/C17H23N3O5/c1-17(2,10-21)19-16(23)18-11-7-15(22)20(9-11)12-3-4-13-14(8-12)25-6-5-24-13/h3-4,8,11,21H,5-7,9-10H2,1-2H3,(H2,18,19,23)/t11-/m0/s1. The van der Waals surface area contributed by atoms with Crippen molar-refractivity contribution in [2.45, 2.75) is 31.8 Å². The van der Waals surface area contributed by atoms with Crippen molar-refractivity contribution >= 4 is 17.6 Å². The van der Waals surface area contributed by atoms with Crippen LogP contribution in [-0.4, -0.2) is 55.0 Å². The number of hydrogen-bond acceptors (Lipinski definition) is 5. The lowest BCUT2D eigenvalue weighted by atomic mass is 10.1. The number of amides is 3. The van der Waals surface area contributed by atoms with E-state index in [9.17, 15) is 14.7 Å². The Hall–Kier alpha value is -2.48. The number of benzene rings is 1. The van der Waals surface area contributed by atoms with Crippen LogP contribution in [-0.2, 0) is 4.79 Å². The van der Waals surface area contributed by atoms with E-state index in [1.54, 1.807) is 30.9 Å². The highest BCUT2D eigenvalue weighted by atomic mass is 16.6. The lowest BCUT2D eigenvalue weighted by molar-refractivity contribution is -0.117. The number of hydrogen-bond donors (Lipinski definition) is 3. The molecular weight excluding hydrogens is 326 g/mol. The van der Waals surface area contributed by atoms with Gasteiger partial charge < -0.3 is 30.1 Å². The molecule has 3 amide bonds. The molecule has 3 N–H and O–H groups in total. The fraction of sp³-hybridized carbons (Fsp3) is 0.529. The number of rotatable bonds is 4. The van der Waals surface area contributed by atoms with Crippen LogP contribution in [0.1, 0.15) is 20.3 Å². The van der Waals surface area contributed by atoms with E-state index >= 15 is 0 Å². The van der Waals surface area contributed by atoms with Gasteiger partial charge in [0.15, 0.2) is 11.5 Å². The second kappa shape index (κ2) is 6.79. The summed E-state index contributed by atoms with van der Waals surface area (Å²) in [5.74, 6) is 1.22. The van der Waals surface area contributed by atoms with Gasteiger partial charge in [-0.05, 0) is 26.0 Å². The molecule has 2 aliphatic heterocycles. The van der Waals surface area contributed by atoms with Crippen molar-refractivity contribution in [1.82, 2.24) is 10.6 Å². The average Bonchev–Trinajstić information content (AvgIpc) is 2.94. The largest absolute Gasteiger partial charge is 0.486 e. The minimum Gasteiger partial charge on any atom is -0.486 e. The highest BCUT2D eigenvalue weighted by Gasteiger charge is 2.33. The summed E-state index contributed by atoms with van der Waals surface area (Å²) < 4.78 is 11.0. The Morgan fingerprint density at radius 2 is 2.04 bits per heavy atom. The molecular formula is C17H23N3O5. The number of carbonyl (C=O) groups excluding carboxylic acids is 2. The summed E-state index contributed by atoms with van der Waals surface area (Å²) in [4.78, 5) is 26.0. The van der Waals surface area contributed by atoms with E-state index in [0.29, 0.717) is 31.3 Å². The Morgan fingerprint density at radius 1 is 1.32 bits per heavy atom. The maximum absolute atomic E-state index is 12.3. The summed E-state index contributed by atoms with van der Waals surface area (Å²) in [7, 11) is 0. The molecule has 0 radical (unpaired) electrons. The first kappa shape index (κ1) is 17.3. The van der Waals surface area contributed by atoms with E-state index in [1.807, 2.05) is 6.07 Å². The molecule has 25 heavy (non-hydrogen) atoms. The van der Waals surface area contributed by atoms with Gasteiger partial charge in [0, 0.05) is 24.7 Å². The minimum atomic E-state index is -0.720. The topological polar surface area (TPSA) is 100 Å². The zero-order chi connectivity index (χ0) is 18.0. The number of carbonyl (C=O) groups is 2. The van der Waals surface area contributed by atoms with Crippen molar-refractivity contribution in [3.8, 4) is 11.5 Å². The van der Waals surface area contributed by atoms with Gasteiger partial charge in [-0.3, -0.25) is 4.79 Å². The van der Waals surface area contributed by atoms with E-state index in [1.165, 1.54) is 0 Å². The summed E-state index contributed by atoms with van der Waals surface area (Å²) >= 11 is 0. The van der Waals surface area contributed by atoms with Crippen LogP contribution < -0.4 is 25.0 Å². The highest BCUT2D eigenvalue weighted by Crippen LogP contribution is 2.35. The number of anilines is 1. The van der Waals surface area contributed by atoms with E-state index in [4.69, 9.17) is 9.47 Å². The van der Waals surface area contributed by atoms with Gasteiger partial charge in [-0.1, -0.05) is 0 Å². The van der Waals surface area contributed by atoms with Crippen LogP contribution in [0.2, 0.25) is 0 Å². The molecule has 1 fully saturated rings. The molecule has 0 spiro atoms. The molecule has 0 aromatic heterocycles. The van der Waals surface area contributed by atoms with Crippen molar-refractivity contribution in [1.29, 1.82) is 0 Å². The van der Waals surface area contributed by atoms with Gasteiger partial charge in [0.25, 0.3) is 0 Å². The molecule has 2 heterocycles. The van der Waals surface area contributed by atoms with Crippen molar-refractivity contribution in [2.75, 3.05) is 31.3 Å². The van der Waals surface area contributed by atoms with Crippen LogP contribution in [0.3, 0.4) is 0 Å². The Morgan fingerprint density at radius 3 is 2.76 bits per heavy atom. The molecule has 0 saturated carbocycles. The quantitative estimate of drug-likeness (QED) is 0.740. The van der Waals surface area contributed by atoms with Gasteiger partial charge in [-0.15, -0.1) is 0 Å². The summed E-state index contributed by atoms with van der Waals surface area (Å²) in [5.41, 5.74) is -0.00276. The van der Waals surface area contributed by atoms with Gasteiger partial charge >= 0.3 is 6.03 Å². The lowest BCUT2D eigenvalue weighted by Crippen LogP contribution is -2.53. The molecule has 8 nitrogen and oxygen atoms in total. The zero-order valence-electron chi connectivity index (χ0n) is 14.4. The maximum Gasteiger partial charge on any atom is 0.315 e. The van der Waals surface area contributed by atoms with Crippen LogP contribution in [0.15, 0.2) is 18.2 Å². The smallest absolute Gasteiger partial charge is 0.315 e. The van der Waals surface area contributed by atoms with Crippen LogP contribution in [0.25, 0.3) is 0 Å². The molecule has 0 aliphatic carbocycles. The van der Waals surface area contributed by atoms with E-state index in [0.717, 1.165) is 5.69 Å². The van der Waals surface area contributed by atoms with Crippen molar-refractivity contribution in [3.05, 3.63) is 18.2 Å². The van der Waals surface area contributed by atoms with E-state index in [-0.39, 0.29) is 25.0 Å². The maximum atomic E-state index is 12.3. The number of aliphatic hydroxyl groups excluding tert-OH is 1. The third kappa shape index (κ3) is 3.96. The second-order valence-corrected chi connectivity index (χ2v) is 6.87. The number of urea groups is 1. The lowest BCUT2D eigenvalue weighted by Gasteiger charge is -2.25. The molecule has 136 valence electrons. The SMILES string of the molecule is CC(C)(CO)NC(=O)N[C@H]1CC(=O)N(c2ccc3c(c2)OCCO3)C1. The molecule has 2 aliphatic rings. The van der Waals surface area contributed by atoms with Gasteiger partial charge in [0.1, 0.15) is 13.2 Å². The Bertz CT molecular complexity index is 676. The van der Waals surface area contributed by atoms with Crippen LogP contribution in [0.4, 0.5) is 10.5 Å². The predicted molar refractivity (Wildman–Crippen MR) is 91.0 cm³/mol. The monoisotopic (exact) mass is 349 g/mol. The molecule has 1 aromatic rings. The van der Waals surface area contributed by atoms with Crippen molar-refractivity contribution < 1.29 is 24.2 Å². The first-order chi connectivity index (χ1) is 11.9. The number of ether oxygens (including phenoxy) is 2. The second-order valence-electron chi connectivity index (χ2n) is 6.87. The molecule has 1 aromatic carbocycles. The van der Waals surface area contributed by atoms with Gasteiger partial charge in [0.05, 0.1) is 18.2 Å². The molecule has 8 heteroatoms. The van der Waals surface area contributed by atoms with Crippen LogP contribution >= 0.6 is 0 Å². The molecule has 1 saturated heterocycles. The molecule has 0 bridgehead atoms. The molecule has 0 unspecified atom stereocenters. The van der Waals surface area contributed by atoms with Crippen LogP contribution in [0.5, 0.6) is 11.5 Å². The number of nitrogens with one attached hydrogen (secondary N) is 2. The third-order valence-electron chi connectivity index (χ3n) is 4.14. The van der Waals surface area contributed by atoms with Gasteiger partial charge in [0.2, 0.25) is 5.91 Å². The Balaban J connectivity index is 1.64. The molecule has 1 atom stereocenters. The predicted octanol–water partition coefficient (Wildman–Crippen LogP) is 0.633. The summed E-state index contributed by atoms with van der Waals surface area (Å²) in [6.07, 6.45) is 0.224. The first-order valence-corrected chi connectivity index (χ1v) is 8.27. The normalized spacial score (nSPS) is 19.7.